The van der Waals surface area contributed by atoms with Crippen LogP contribution in [0, 0.1) is 11.5 Å². The predicted octanol–water partition coefficient (Wildman–Crippen LogP) is 0.269. The standard InChI is InChI=1S/C10H16N6S/c1-12-10(15-8-11)14-5-2-4-13-7-9-3-6-17-16-9/h3,6,13H,2,4-5,7H2,1H3,(H2,12,14,15). The number of hydrogen-bond donors (Lipinski definition) is 3. The van der Waals surface area contributed by atoms with Gasteiger partial charge < -0.3 is 10.6 Å². The van der Waals surface area contributed by atoms with E-state index in [-0.39, 0.29) is 0 Å². The molecule has 0 saturated heterocycles. The lowest BCUT2D eigenvalue weighted by Gasteiger charge is -2.07. The Labute approximate surface area is 105 Å². The lowest BCUT2D eigenvalue weighted by molar-refractivity contribution is 0.633. The molecular weight excluding hydrogens is 236 g/mol. The van der Waals surface area contributed by atoms with Crippen molar-refractivity contribution in [2.24, 2.45) is 4.99 Å². The molecule has 0 spiro atoms. The molecule has 6 nitrogen and oxygen atoms in total. The molecule has 1 aromatic rings. The SMILES string of the molecule is CN=C(NC#N)NCCCNCc1ccsn1. The third-order valence-electron chi connectivity index (χ3n) is 2.02. The molecule has 92 valence electrons. The molecule has 0 unspecified atom stereocenters. The largest absolute Gasteiger partial charge is 0.356 e. The molecule has 3 N–H and O–H groups in total. The molecule has 0 saturated carbocycles. The number of guanidine groups is 1. The summed E-state index contributed by atoms with van der Waals surface area (Å²) in [5.41, 5.74) is 1.07. The number of hydrogen-bond acceptors (Lipinski definition) is 5. The van der Waals surface area contributed by atoms with Gasteiger partial charge in [-0.3, -0.25) is 10.3 Å². The van der Waals surface area contributed by atoms with E-state index in [4.69, 9.17) is 5.26 Å². The van der Waals surface area contributed by atoms with Crippen LogP contribution in [0.15, 0.2) is 16.4 Å². The van der Waals surface area contributed by atoms with Gasteiger partial charge in [-0.2, -0.15) is 9.64 Å². The fraction of sp³-hybridized carbons (Fsp3) is 0.500. The van der Waals surface area contributed by atoms with E-state index in [0.717, 1.165) is 31.7 Å². The lowest BCUT2D eigenvalue weighted by Crippen LogP contribution is -2.35. The zero-order chi connectivity index (χ0) is 12.3. The number of nitrogens with zero attached hydrogens (tertiary/aromatic N) is 3. The van der Waals surface area contributed by atoms with Gasteiger partial charge in [0.1, 0.15) is 0 Å². The Balaban J connectivity index is 1.99. The number of aromatic nitrogens is 1. The Morgan fingerprint density at radius 1 is 1.59 bits per heavy atom. The summed E-state index contributed by atoms with van der Waals surface area (Å²) in [6, 6.07) is 2.01. The minimum atomic E-state index is 0.506. The highest BCUT2D eigenvalue weighted by molar-refractivity contribution is 7.03. The molecule has 0 atom stereocenters. The molecule has 1 rings (SSSR count). The highest BCUT2D eigenvalue weighted by Crippen LogP contribution is 1.98. The minimum absolute atomic E-state index is 0.506. The van der Waals surface area contributed by atoms with E-state index in [2.05, 4.69) is 25.3 Å². The lowest BCUT2D eigenvalue weighted by atomic mass is 10.4. The van der Waals surface area contributed by atoms with Crippen molar-refractivity contribution in [2.75, 3.05) is 20.1 Å². The molecule has 0 fully saturated rings. The van der Waals surface area contributed by atoms with E-state index in [9.17, 15) is 0 Å². The van der Waals surface area contributed by atoms with Gasteiger partial charge in [-0.1, -0.05) is 0 Å². The maximum absolute atomic E-state index is 8.41. The Bertz CT molecular complexity index is 367. The van der Waals surface area contributed by atoms with Gasteiger partial charge in [0, 0.05) is 25.5 Å². The average molecular weight is 252 g/mol. The fourth-order valence-corrected chi connectivity index (χ4v) is 1.74. The van der Waals surface area contributed by atoms with Crippen LogP contribution in [0.1, 0.15) is 12.1 Å². The second kappa shape index (κ2) is 8.50. The van der Waals surface area contributed by atoms with Gasteiger partial charge in [0.05, 0.1) is 5.69 Å². The van der Waals surface area contributed by atoms with E-state index >= 15 is 0 Å². The highest BCUT2D eigenvalue weighted by atomic mass is 32.1. The molecule has 0 radical (unpaired) electrons. The first-order valence-electron chi connectivity index (χ1n) is 5.32. The van der Waals surface area contributed by atoms with E-state index in [0.29, 0.717) is 5.96 Å². The van der Waals surface area contributed by atoms with E-state index < -0.39 is 0 Å². The third-order valence-corrected chi connectivity index (χ3v) is 2.62. The van der Waals surface area contributed by atoms with Gasteiger partial charge in [0.25, 0.3) is 0 Å². The Morgan fingerprint density at radius 2 is 2.47 bits per heavy atom. The molecule has 0 bridgehead atoms. The molecule has 7 heteroatoms. The Kier molecular flexibility index (Phi) is 6.70. The van der Waals surface area contributed by atoms with Gasteiger partial charge >= 0.3 is 0 Å². The third kappa shape index (κ3) is 5.85. The van der Waals surface area contributed by atoms with Crippen molar-refractivity contribution in [3.63, 3.8) is 0 Å². The summed E-state index contributed by atoms with van der Waals surface area (Å²) in [5, 5.41) is 19.2. The maximum atomic E-state index is 8.41. The molecule has 0 amide bonds. The zero-order valence-electron chi connectivity index (χ0n) is 9.73. The second-order valence-electron chi connectivity index (χ2n) is 3.26. The minimum Gasteiger partial charge on any atom is -0.356 e. The first kappa shape index (κ1) is 13.4. The van der Waals surface area contributed by atoms with Crippen molar-refractivity contribution in [1.82, 2.24) is 20.3 Å². The van der Waals surface area contributed by atoms with E-state index in [1.165, 1.54) is 11.5 Å². The van der Waals surface area contributed by atoms with Crippen LogP contribution < -0.4 is 16.0 Å². The number of rotatable bonds is 6. The zero-order valence-corrected chi connectivity index (χ0v) is 10.5. The van der Waals surface area contributed by atoms with Crippen molar-refractivity contribution in [3.8, 4) is 6.19 Å². The summed E-state index contributed by atoms with van der Waals surface area (Å²) in [5.74, 6) is 0.506. The van der Waals surface area contributed by atoms with Crippen LogP contribution >= 0.6 is 11.5 Å². The van der Waals surface area contributed by atoms with Crippen LogP contribution in [0.5, 0.6) is 0 Å². The predicted molar refractivity (Wildman–Crippen MR) is 68.5 cm³/mol. The van der Waals surface area contributed by atoms with Gasteiger partial charge in [-0.05, 0) is 30.6 Å². The topological polar surface area (TPSA) is 85.1 Å². The monoisotopic (exact) mass is 252 g/mol. The smallest absolute Gasteiger partial charge is 0.204 e. The quantitative estimate of drug-likeness (QED) is 0.222. The molecule has 0 aromatic carbocycles. The van der Waals surface area contributed by atoms with Crippen LogP contribution in [0.25, 0.3) is 0 Å². The van der Waals surface area contributed by atoms with Crippen LogP contribution in [-0.2, 0) is 6.54 Å². The van der Waals surface area contributed by atoms with Gasteiger partial charge in [-0.15, -0.1) is 0 Å². The average Bonchev–Trinajstić information content (AvgIpc) is 2.85. The van der Waals surface area contributed by atoms with Crippen LogP contribution in [-0.4, -0.2) is 30.5 Å². The summed E-state index contributed by atoms with van der Waals surface area (Å²) in [6.07, 6.45) is 2.78. The molecular formula is C10H16N6S. The van der Waals surface area contributed by atoms with Crippen molar-refractivity contribution in [2.45, 2.75) is 13.0 Å². The van der Waals surface area contributed by atoms with Crippen molar-refractivity contribution < 1.29 is 0 Å². The number of nitrogens with one attached hydrogen (secondary N) is 3. The Hall–Kier alpha value is -1.65. The van der Waals surface area contributed by atoms with Crippen molar-refractivity contribution >= 4 is 17.5 Å². The first-order chi connectivity index (χ1) is 8.36. The summed E-state index contributed by atoms with van der Waals surface area (Å²) in [7, 11) is 1.63. The van der Waals surface area contributed by atoms with E-state index in [1.807, 2.05) is 17.6 Å². The molecule has 1 aromatic heterocycles. The highest BCUT2D eigenvalue weighted by Gasteiger charge is 1.96. The summed E-state index contributed by atoms with van der Waals surface area (Å²) in [6.45, 7) is 2.47. The Morgan fingerprint density at radius 3 is 3.12 bits per heavy atom. The normalized spacial score (nSPS) is 10.9. The van der Waals surface area contributed by atoms with Crippen LogP contribution in [0.4, 0.5) is 0 Å². The van der Waals surface area contributed by atoms with Crippen molar-refractivity contribution in [1.29, 1.82) is 5.26 Å². The fourth-order valence-electron chi connectivity index (χ4n) is 1.20. The molecule has 0 aliphatic heterocycles. The number of aliphatic imine (C=N–C) groups is 1. The number of nitriles is 1. The molecule has 0 aliphatic carbocycles. The van der Waals surface area contributed by atoms with Gasteiger partial charge in [-0.25, -0.2) is 0 Å². The van der Waals surface area contributed by atoms with E-state index in [1.54, 1.807) is 7.05 Å². The van der Waals surface area contributed by atoms with Crippen molar-refractivity contribution in [3.05, 3.63) is 17.1 Å². The summed E-state index contributed by atoms with van der Waals surface area (Å²) >= 11 is 1.46. The second-order valence-corrected chi connectivity index (χ2v) is 3.92. The van der Waals surface area contributed by atoms with Gasteiger partial charge in [0.15, 0.2) is 6.19 Å². The van der Waals surface area contributed by atoms with Gasteiger partial charge in [0.2, 0.25) is 5.96 Å². The maximum Gasteiger partial charge on any atom is 0.204 e. The summed E-state index contributed by atoms with van der Waals surface area (Å²) < 4.78 is 4.20. The van der Waals surface area contributed by atoms with Crippen LogP contribution in [0.2, 0.25) is 0 Å². The summed E-state index contributed by atoms with van der Waals surface area (Å²) in [4.78, 5) is 3.88. The molecule has 1 heterocycles. The first-order valence-corrected chi connectivity index (χ1v) is 6.16. The van der Waals surface area contributed by atoms with Crippen LogP contribution in [0.3, 0.4) is 0 Å². The molecule has 17 heavy (non-hydrogen) atoms. The molecule has 0 aliphatic rings.